The SMILES string of the molecule is C[C@H](C(=O)NC[C@H](c1ccccc1Cl)N(C)C)n1cncn1. The maximum absolute atomic E-state index is 12.2. The molecular weight excluding hydrogens is 302 g/mol. The molecule has 0 aliphatic rings. The van der Waals surface area contributed by atoms with Crippen LogP contribution in [0.5, 0.6) is 0 Å². The minimum absolute atomic E-state index is 0.000552. The number of hydrogen-bond acceptors (Lipinski definition) is 4. The van der Waals surface area contributed by atoms with Gasteiger partial charge in [-0.3, -0.25) is 4.79 Å². The van der Waals surface area contributed by atoms with Crippen LogP contribution in [-0.2, 0) is 4.79 Å². The molecule has 0 bridgehead atoms. The fraction of sp³-hybridized carbons (Fsp3) is 0.400. The van der Waals surface area contributed by atoms with Gasteiger partial charge in [-0.15, -0.1) is 0 Å². The van der Waals surface area contributed by atoms with Crippen LogP contribution >= 0.6 is 11.6 Å². The second-order valence-corrected chi connectivity index (χ2v) is 5.70. The third-order valence-corrected chi connectivity index (χ3v) is 3.91. The normalized spacial score (nSPS) is 13.9. The van der Waals surface area contributed by atoms with E-state index < -0.39 is 6.04 Å². The predicted molar refractivity (Wildman–Crippen MR) is 85.6 cm³/mol. The van der Waals surface area contributed by atoms with Crippen molar-refractivity contribution in [3.63, 3.8) is 0 Å². The fourth-order valence-corrected chi connectivity index (χ4v) is 2.46. The van der Waals surface area contributed by atoms with Crippen LogP contribution in [-0.4, -0.2) is 46.2 Å². The molecule has 1 amide bonds. The van der Waals surface area contributed by atoms with Crippen molar-refractivity contribution in [1.29, 1.82) is 0 Å². The van der Waals surface area contributed by atoms with Gasteiger partial charge in [0.05, 0.1) is 6.04 Å². The van der Waals surface area contributed by atoms with Crippen LogP contribution in [0.25, 0.3) is 0 Å². The lowest BCUT2D eigenvalue weighted by Crippen LogP contribution is -2.38. The molecule has 1 aromatic heterocycles. The van der Waals surface area contributed by atoms with E-state index in [0.29, 0.717) is 11.6 Å². The molecule has 0 aliphatic carbocycles. The largest absolute Gasteiger partial charge is 0.352 e. The summed E-state index contributed by atoms with van der Waals surface area (Å²) >= 11 is 6.26. The molecule has 1 aromatic carbocycles. The standard InChI is InChI=1S/C15H20ClN5O/c1-11(21-10-17-9-19-21)15(22)18-8-14(20(2)3)12-6-4-5-7-13(12)16/h4-7,9-11,14H,8H2,1-3H3,(H,18,22)/t11-,14-/m1/s1. The van der Waals surface area contributed by atoms with E-state index in [1.807, 2.05) is 43.3 Å². The van der Waals surface area contributed by atoms with Crippen molar-refractivity contribution in [2.24, 2.45) is 0 Å². The average molecular weight is 322 g/mol. The molecule has 6 nitrogen and oxygen atoms in total. The minimum Gasteiger partial charge on any atom is -0.352 e. The van der Waals surface area contributed by atoms with Crippen molar-refractivity contribution in [3.05, 3.63) is 47.5 Å². The highest BCUT2D eigenvalue weighted by molar-refractivity contribution is 6.31. The van der Waals surface area contributed by atoms with Crippen molar-refractivity contribution < 1.29 is 4.79 Å². The maximum atomic E-state index is 12.2. The van der Waals surface area contributed by atoms with E-state index in [-0.39, 0.29) is 11.9 Å². The van der Waals surface area contributed by atoms with E-state index in [2.05, 4.69) is 15.4 Å². The highest BCUT2D eigenvalue weighted by Gasteiger charge is 2.20. The Kier molecular flexibility index (Phi) is 5.51. The topological polar surface area (TPSA) is 63.1 Å². The lowest BCUT2D eigenvalue weighted by molar-refractivity contribution is -0.124. The summed E-state index contributed by atoms with van der Waals surface area (Å²) in [6.07, 6.45) is 2.94. The van der Waals surface area contributed by atoms with E-state index in [1.54, 1.807) is 6.92 Å². The fourth-order valence-electron chi connectivity index (χ4n) is 2.20. The number of carbonyl (C=O) groups is 1. The van der Waals surface area contributed by atoms with E-state index in [0.717, 1.165) is 5.56 Å². The Morgan fingerprint density at radius 1 is 1.41 bits per heavy atom. The number of rotatable bonds is 6. The summed E-state index contributed by atoms with van der Waals surface area (Å²) in [6.45, 7) is 2.25. The molecule has 2 atom stereocenters. The number of benzene rings is 1. The van der Waals surface area contributed by atoms with Gasteiger partial charge in [-0.2, -0.15) is 5.10 Å². The molecular formula is C15H20ClN5O. The summed E-state index contributed by atoms with van der Waals surface area (Å²) in [5, 5.41) is 7.63. The molecule has 2 aromatic rings. The number of aromatic nitrogens is 3. The van der Waals surface area contributed by atoms with Gasteiger partial charge < -0.3 is 10.2 Å². The van der Waals surface area contributed by atoms with Crippen LogP contribution in [0.4, 0.5) is 0 Å². The molecule has 0 saturated heterocycles. The second kappa shape index (κ2) is 7.38. The Morgan fingerprint density at radius 2 is 2.14 bits per heavy atom. The van der Waals surface area contributed by atoms with Crippen LogP contribution in [0.1, 0.15) is 24.6 Å². The summed E-state index contributed by atoms with van der Waals surface area (Å²) in [7, 11) is 3.92. The molecule has 7 heteroatoms. The van der Waals surface area contributed by atoms with Crippen LogP contribution in [0.3, 0.4) is 0 Å². The van der Waals surface area contributed by atoms with Crippen LogP contribution < -0.4 is 5.32 Å². The van der Waals surface area contributed by atoms with Gasteiger partial charge in [0.2, 0.25) is 5.91 Å². The monoisotopic (exact) mass is 321 g/mol. The third-order valence-electron chi connectivity index (χ3n) is 3.57. The number of amides is 1. The number of hydrogen-bond donors (Lipinski definition) is 1. The zero-order valence-electron chi connectivity index (χ0n) is 12.9. The van der Waals surface area contributed by atoms with Gasteiger partial charge >= 0.3 is 0 Å². The summed E-state index contributed by atoms with van der Waals surface area (Å²) < 4.78 is 1.52. The summed E-state index contributed by atoms with van der Waals surface area (Å²) in [5.74, 6) is -0.107. The molecule has 0 unspecified atom stereocenters. The molecule has 1 heterocycles. The molecule has 22 heavy (non-hydrogen) atoms. The highest BCUT2D eigenvalue weighted by atomic mass is 35.5. The number of carbonyl (C=O) groups excluding carboxylic acids is 1. The molecule has 0 spiro atoms. The van der Waals surface area contributed by atoms with Gasteiger partial charge in [-0.1, -0.05) is 29.8 Å². The Bertz CT molecular complexity index is 614. The molecule has 0 radical (unpaired) electrons. The van der Waals surface area contributed by atoms with Crippen molar-refractivity contribution in [1.82, 2.24) is 25.0 Å². The lowest BCUT2D eigenvalue weighted by Gasteiger charge is -2.26. The average Bonchev–Trinajstić information content (AvgIpc) is 3.02. The van der Waals surface area contributed by atoms with Gasteiger partial charge in [-0.25, -0.2) is 9.67 Å². The number of halogens is 1. The highest BCUT2D eigenvalue weighted by Crippen LogP contribution is 2.25. The first-order valence-electron chi connectivity index (χ1n) is 7.03. The Balaban J connectivity index is 2.04. The summed E-state index contributed by atoms with van der Waals surface area (Å²) in [4.78, 5) is 18.1. The smallest absolute Gasteiger partial charge is 0.244 e. The van der Waals surface area contributed by atoms with E-state index >= 15 is 0 Å². The zero-order chi connectivity index (χ0) is 16.1. The van der Waals surface area contributed by atoms with Crippen LogP contribution in [0.2, 0.25) is 5.02 Å². The molecule has 2 rings (SSSR count). The van der Waals surface area contributed by atoms with Crippen molar-refractivity contribution in [2.75, 3.05) is 20.6 Å². The first kappa shape index (κ1) is 16.5. The van der Waals surface area contributed by atoms with E-state index in [4.69, 9.17) is 11.6 Å². The van der Waals surface area contributed by atoms with Gasteiger partial charge in [0, 0.05) is 11.6 Å². The third kappa shape index (κ3) is 3.84. The van der Waals surface area contributed by atoms with Crippen molar-refractivity contribution >= 4 is 17.5 Å². The van der Waals surface area contributed by atoms with E-state index in [9.17, 15) is 4.79 Å². The first-order chi connectivity index (χ1) is 10.5. The number of nitrogens with zero attached hydrogens (tertiary/aromatic N) is 4. The van der Waals surface area contributed by atoms with Crippen LogP contribution in [0.15, 0.2) is 36.9 Å². The Labute approximate surface area is 135 Å². The molecule has 1 N–H and O–H groups in total. The van der Waals surface area contributed by atoms with Crippen molar-refractivity contribution in [2.45, 2.75) is 19.0 Å². The Hall–Kier alpha value is -1.92. The summed E-state index contributed by atoms with van der Waals surface area (Å²) in [5.41, 5.74) is 0.989. The quantitative estimate of drug-likeness (QED) is 0.883. The number of nitrogens with one attached hydrogen (secondary N) is 1. The van der Waals surface area contributed by atoms with Gasteiger partial charge in [0.25, 0.3) is 0 Å². The van der Waals surface area contributed by atoms with E-state index in [1.165, 1.54) is 17.3 Å². The van der Waals surface area contributed by atoms with Gasteiger partial charge in [0.15, 0.2) is 0 Å². The summed E-state index contributed by atoms with van der Waals surface area (Å²) in [6, 6.07) is 7.26. The Morgan fingerprint density at radius 3 is 2.73 bits per heavy atom. The number of likely N-dealkylation sites (N-methyl/N-ethyl adjacent to an activating group) is 1. The minimum atomic E-state index is -0.406. The molecule has 118 valence electrons. The second-order valence-electron chi connectivity index (χ2n) is 5.30. The maximum Gasteiger partial charge on any atom is 0.244 e. The zero-order valence-corrected chi connectivity index (χ0v) is 13.7. The molecule has 0 saturated carbocycles. The van der Waals surface area contributed by atoms with Crippen LogP contribution in [0, 0.1) is 0 Å². The van der Waals surface area contributed by atoms with Gasteiger partial charge in [-0.05, 0) is 32.6 Å². The van der Waals surface area contributed by atoms with Gasteiger partial charge in [0.1, 0.15) is 18.7 Å². The lowest BCUT2D eigenvalue weighted by atomic mass is 10.1. The first-order valence-corrected chi connectivity index (χ1v) is 7.41. The van der Waals surface area contributed by atoms with Crippen molar-refractivity contribution in [3.8, 4) is 0 Å². The predicted octanol–water partition coefficient (Wildman–Crippen LogP) is 1.91. The molecule has 0 fully saturated rings. The molecule has 0 aliphatic heterocycles.